The number of nitrogens with one attached hydrogen (secondary N) is 1. The molecule has 2 heterocycles. The van der Waals surface area contributed by atoms with Gasteiger partial charge < -0.3 is 10.1 Å². The predicted octanol–water partition coefficient (Wildman–Crippen LogP) is 3.31. The van der Waals surface area contributed by atoms with E-state index in [-0.39, 0.29) is 6.04 Å². The van der Waals surface area contributed by atoms with Crippen LogP contribution in [0.5, 0.6) is 5.88 Å². The quantitative estimate of drug-likeness (QED) is 0.914. The minimum Gasteiger partial charge on any atom is -0.481 e. The van der Waals surface area contributed by atoms with E-state index in [1.165, 1.54) is 10.4 Å². The van der Waals surface area contributed by atoms with Crippen LogP contribution in [-0.4, -0.2) is 19.1 Å². The van der Waals surface area contributed by atoms with Crippen molar-refractivity contribution < 1.29 is 4.74 Å². The molecule has 0 aromatic carbocycles. The number of likely N-dealkylation sites (N-methyl/N-ethyl adjacent to an activating group) is 1. The van der Waals surface area contributed by atoms with Gasteiger partial charge in [-0.25, -0.2) is 4.98 Å². The van der Waals surface area contributed by atoms with E-state index in [0.717, 1.165) is 10.8 Å². The second-order valence-corrected chi connectivity index (χ2v) is 5.64. The standard InChI is InChI=1S/C13H15ClN2OS/c1-15-10(11-4-5-12(14)18-11)7-9-3-6-13(17-2)16-8-9/h3-6,8,10,15H,7H2,1-2H3. The molecule has 2 aromatic heterocycles. The molecule has 96 valence electrons. The summed E-state index contributed by atoms with van der Waals surface area (Å²) in [7, 11) is 3.57. The number of halogens is 1. The Labute approximate surface area is 116 Å². The van der Waals surface area contributed by atoms with Gasteiger partial charge in [0, 0.05) is 23.2 Å². The highest BCUT2D eigenvalue weighted by Gasteiger charge is 2.12. The van der Waals surface area contributed by atoms with Crippen LogP contribution in [0.3, 0.4) is 0 Å². The molecule has 0 bridgehead atoms. The molecule has 0 fully saturated rings. The molecule has 0 aliphatic heterocycles. The van der Waals surface area contributed by atoms with E-state index in [9.17, 15) is 0 Å². The van der Waals surface area contributed by atoms with E-state index in [0.29, 0.717) is 5.88 Å². The lowest BCUT2D eigenvalue weighted by Gasteiger charge is -2.14. The first kappa shape index (κ1) is 13.3. The van der Waals surface area contributed by atoms with Gasteiger partial charge >= 0.3 is 0 Å². The second kappa shape index (κ2) is 6.18. The summed E-state index contributed by atoms with van der Waals surface area (Å²) in [5.41, 5.74) is 1.17. The number of ether oxygens (including phenoxy) is 1. The van der Waals surface area contributed by atoms with Gasteiger partial charge in [0.05, 0.1) is 11.4 Å². The lowest BCUT2D eigenvalue weighted by atomic mass is 10.1. The summed E-state index contributed by atoms with van der Waals surface area (Å²) in [6.45, 7) is 0. The molecular formula is C13H15ClN2OS. The number of methoxy groups -OCH3 is 1. The van der Waals surface area contributed by atoms with Crippen LogP contribution in [0.4, 0.5) is 0 Å². The van der Waals surface area contributed by atoms with Crippen molar-refractivity contribution in [1.82, 2.24) is 10.3 Å². The van der Waals surface area contributed by atoms with Crippen LogP contribution in [-0.2, 0) is 6.42 Å². The minimum atomic E-state index is 0.262. The average molecular weight is 283 g/mol. The van der Waals surface area contributed by atoms with Crippen LogP contribution < -0.4 is 10.1 Å². The Hall–Kier alpha value is -1.10. The van der Waals surface area contributed by atoms with Crippen LogP contribution in [0.1, 0.15) is 16.5 Å². The van der Waals surface area contributed by atoms with E-state index < -0.39 is 0 Å². The third-order valence-corrected chi connectivity index (χ3v) is 4.08. The van der Waals surface area contributed by atoms with Crippen molar-refractivity contribution in [2.45, 2.75) is 12.5 Å². The molecule has 5 heteroatoms. The monoisotopic (exact) mass is 282 g/mol. The molecule has 18 heavy (non-hydrogen) atoms. The van der Waals surface area contributed by atoms with Gasteiger partial charge in [0.25, 0.3) is 0 Å². The van der Waals surface area contributed by atoms with Crippen molar-refractivity contribution in [2.24, 2.45) is 0 Å². The summed E-state index contributed by atoms with van der Waals surface area (Å²) in [6.07, 6.45) is 2.72. The summed E-state index contributed by atoms with van der Waals surface area (Å²) >= 11 is 7.57. The van der Waals surface area contributed by atoms with Crippen LogP contribution >= 0.6 is 22.9 Å². The summed E-state index contributed by atoms with van der Waals surface area (Å²) in [5.74, 6) is 0.638. The number of aromatic nitrogens is 1. The molecule has 0 saturated carbocycles. The Kier molecular flexibility index (Phi) is 4.58. The van der Waals surface area contributed by atoms with E-state index in [1.54, 1.807) is 18.4 Å². The molecule has 0 spiro atoms. The van der Waals surface area contributed by atoms with Crippen molar-refractivity contribution >= 4 is 22.9 Å². The minimum absolute atomic E-state index is 0.262. The van der Waals surface area contributed by atoms with Gasteiger partial charge in [-0.15, -0.1) is 11.3 Å². The van der Waals surface area contributed by atoms with Crippen molar-refractivity contribution in [3.8, 4) is 5.88 Å². The Balaban J connectivity index is 2.10. The van der Waals surface area contributed by atoms with Gasteiger partial charge in [0.2, 0.25) is 5.88 Å². The number of rotatable bonds is 5. The van der Waals surface area contributed by atoms with Crippen LogP contribution in [0.2, 0.25) is 4.34 Å². The van der Waals surface area contributed by atoms with Crippen molar-refractivity contribution in [3.63, 3.8) is 0 Å². The summed E-state index contributed by atoms with van der Waals surface area (Å²) in [6, 6.07) is 8.16. The number of hydrogen-bond acceptors (Lipinski definition) is 4. The molecule has 0 aliphatic rings. The van der Waals surface area contributed by atoms with E-state index in [1.807, 2.05) is 31.4 Å². The Morgan fingerprint density at radius 3 is 2.72 bits per heavy atom. The molecule has 1 atom stereocenters. The van der Waals surface area contributed by atoms with Crippen molar-refractivity contribution in [3.05, 3.63) is 45.2 Å². The lowest BCUT2D eigenvalue weighted by Crippen LogP contribution is -2.17. The summed E-state index contributed by atoms with van der Waals surface area (Å²) < 4.78 is 5.86. The van der Waals surface area contributed by atoms with E-state index in [4.69, 9.17) is 16.3 Å². The SMILES string of the molecule is CNC(Cc1ccc(OC)nc1)c1ccc(Cl)s1. The molecule has 3 nitrogen and oxygen atoms in total. The molecule has 1 N–H and O–H groups in total. The molecular weight excluding hydrogens is 268 g/mol. The molecule has 0 radical (unpaired) electrons. The first-order chi connectivity index (χ1) is 8.72. The van der Waals surface area contributed by atoms with Crippen LogP contribution in [0.15, 0.2) is 30.5 Å². The molecule has 1 unspecified atom stereocenters. The fraction of sp³-hybridized carbons (Fsp3) is 0.308. The van der Waals surface area contributed by atoms with E-state index in [2.05, 4.69) is 16.4 Å². The first-order valence-corrected chi connectivity index (χ1v) is 6.84. The van der Waals surface area contributed by atoms with Crippen molar-refractivity contribution in [1.29, 1.82) is 0 Å². The molecule has 0 amide bonds. The Bertz CT molecular complexity index is 498. The van der Waals surface area contributed by atoms with Gasteiger partial charge in [-0.1, -0.05) is 17.7 Å². The molecule has 0 aliphatic carbocycles. The van der Waals surface area contributed by atoms with Crippen molar-refractivity contribution in [2.75, 3.05) is 14.2 Å². The van der Waals surface area contributed by atoms with Gasteiger partial charge in [-0.05, 0) is 31.2 Å². The maximum Gasteiger partial charge on any atom is 0.212 e. The van der Waals surface area contributed by atoms with Gasteiger partial charge in [-0.2, -0.15) is 0 Å². The normalized spacial score (nSPS) is 12.4. The van der Waals surface area contributed by atoms with Crippen LogP contribution in [0.25, 0.3) is 0 Å². The zero-order valence-electron chi connectivity index (χ0n) is 10.3. The van der Waals surface area contributed by atoms with Gasteiger partial charge in [-0.3, -0.25) is 0 Å². The number of hydrogen-bond donors (Lipinski definition) is 1. The van der Waals surface area contributed by atoms with Crippen LogP contribution in [0, 0.1) is 0 Å². The second-order valence-electron chi connectivity index (χ2n) is 3.90. The number of pyridine rings is 1. The predicted molar refractivity (Wildman–Crippen MR) is 75.6 cm³/mol. The average Bonchev–Trinajstić information content (AvgIpc) is 2.83. The number of nitrogens with zero attached hydrogens (tertiary/aromatic N) is 1. The third kappa shape index (κ3) is 3.22. The Morgan fingerprint density at radius 2 is 2.22 bits per heavy atom. The fourth-order valence-corrected chi connectivity index (χ4v) is 2.92. The zero-order valence-corrected chi connectivity index (χ0v) is 11.9. The van der Waals surface area contributed by atoms with Gasteiger partial charge in [0.15, 0.2) is 0 Å². The van der Waals surface area contributed by atoms with Gasteiger partial charge in [0.1, 0.15) is 0 Å². The highest BCUT2D eigenvalue weighted by molar-refractivity contribution is 7.16. The first-order valence-electron chi connectivity index (χ1n) is 5.64. The summed E-state index contributed by atoms with van der Waals surface area (Å²) in [4.78, 5) is 5.45. The smallest absolute Gasteiger partial charge is 0.212 e. The fourth-order valence-electron chi connectivity index (χ4n) is 1.75. The molecule has 2 aromatic rings. The van der Waals surface area contributed by atoms with E-state index >= 15 is 0 Å². The largest absolute Gasteiger partial charge is 0.481 e. The number of thiophene rings is 1. The third-order valence-electron chi connectivity index (χ3n) is 2.73. The summed E-state index contributed by atoms with van der Waals surface area (Å²) in [5, 5.41) is 3.30. The maximum absolute atomic E-state index is 5.97. The topological polar surface area (TPSA) is 34.1 Å². The lowest BCUT2D eigenvalue weighted by molar-refractivity contribution is 0.397. The molecule has 0 saturated heterocycles. The Morgan fingerprint density at radius 1 is 1.39 bits per heavy atom. The highest BCUT2D eigenvalue weighted by atomic mass is 35.5. The zero-order chi connectivity index (χ0) is 13.0. The highest BCUT2D eigenvalue weighted by Crippen LogP contribution is 2.28. The maximum atomic E-state index is 5.97. The molecule has 2 rings (SSSR count).